The van der Waals surface area contributed by atoms with Crippen molar-refractivity contribution in [3.8, 4) is 0 Å². The molecule has 0 aliphatic heterocycles. The highest BCUT2D eigenvalue weighted by molar-refractivity contribution is 6.42. The molecule has 0 heterocycles. The summed E-state index contributed by atoms with van der Waals surface area (Å²) in [6.45, 7) is 0. The highest BCUT2D eigenvalue weighted by Crippen LogP contribution is 2.25. The number of halogens is 3. The SMILES string of the molecule is COC(=O)C[C@H](N)c1ccc(Cl)c(Cl)c1.Cl. The van der Waals surface area contributed by atoms with Gasteiger partial charge >= 0.3 is 5.97 Å². The molecule has 90 valence electrons. The summed E-state index contributed by atoms with van der Waals surface area (Å²) < 4.78 is 4.52. The lowest BCUT2D eigenvalue weighted by atomic mass is 10.1. The monoisotopic (exact) mass is 283 g/mol. The molecule has 0 radical (unpaired) electrons. The van der Waals surface area contributed by atoms with E-state index in [9.17, 15) is 4.79 Å². The van der Waals surface area contributed by atoms with Crippen LogP contribution in [0.5, 0.6) is 0 Å². The second kappa shape index (κ2) is 6.97. The topological polar surface area (TPSA) is 52.3 Å². The second-order valence-corrected chi connectivity index (χ2v) is 3.87. The zero-order valence-corrected chi connectivity index (χ0v) is 10.9. The first-order valence-corrected chi connectivity index (χ1v) is 5.07. The molecular formula is C10H12Cl3NO2. The average molecular weight is 285 g/mol. The van der Waals surface area contributed by atoms with E-state index >= 15 is 0 Å². The van der Waals surface area contributed by atoms with Crippen molar-refractivity contribution < 1.29 is 9.53 Å². The van der Waals surface area contributed by atoms with Gasteiger partial charge in [0.25, 0.3) is 0 Å². The van der Waals surface area contributed by atoms with Crippen LogP contribution in [0.15, 0.2) is 18.2 Å². The van der Waals surface area contributed by atoms with E-state index in [0.29, 0.717) is 10.0 Å². The first-order valence-electron chi connectivity index (χ1n) is 4.32. The van der Waals surface area contributed by atoms with Crippen LogP contribution in [0, 0.1) is 0 Å². The van der Waals surface area contributed by atoms with Crippen LogP contribution in [-0.2, 0) is 9.53 Å². The predicted octanol–water partition coefficient (Wildman–Crippen LogP) is 2.98. The Kier molecular flexibility index (Phi) is 6.76. The Morgan fingerprint density at radius 3 is 2.56 bits per heavy atom. The Balaban J connectivity index is 0.00000225. The zero-order valence-electron chi connectivity index (χ0n) is 8.57. The third kappa shape index (κ3) is 4.18. The van der Waals surface area contributed by atoms with Gasteiger partial charge in [0.05, 0.1) is 23.6 Å². The van der Waals surface area contributed by atoms with Crippen molar-refractivity contribution in [2.75, 3.05) is 7.11 Å². The average Bonchev–Trinajstić information content (AvgIpc) is 2.21. The Hall–Kier alpha value is -0.480. The number of rotatable bonds is 3. The molecule has 0 bridgehead atoms. The van der Waals surface area contributed by atoms with E-state index in [0.717, 1.165) is 5.56 Å². The number of benzene rings is 1. The van der Waals surface area contributed by atoms with E-state index in [2.05, 4.69) is 4.74 Å². The highest BCUT2D eigenvalue weighted by Gasteiger charge is 2.12. The van der Waals surface area contributed by atoms with Gasteiger partial charge < -0.3 is 10.5 Å². The molecular weight excluding hydrogens is 272 g/mol. The van der Waals surface area contributed by atoms with Crippen LogP contribution in [0.4, 0.5) is 0 Å². The predicted molar refractivity (Wildman–Crippen MR) is 67.3 cm³/mol. The van der Waals surface area contributed by atoms with Crippen molar-refractivity contribution in [1.29, 1.82) is 0 Å². The molecule has 0 saturated heterocycles. The molecule has 16 heavy (non-hydrogen) atoms. The molecule has 0 saturated carbocycles. The third-order valence-electron chi connectivity index (χ3n) is 1.99. The summed E-state index contributed by atoms with van der Waals surface area (Å²) in [6, 6.07) is 4.61. The van der Waals surface area contributed by atoms with Gasteiger partial charge in [-0.05, 0) is 17.7 Å². The van der Waals surface area contributed by atoms with Gasteiger partial charge in [-0.2, -0.15) is 0 Å². The Morgan fingerprint density at radius 2 is 2.06 bits per heavy atom. The standard InChI is InChI=1S/C10H11Cl2NO2.ClH/c1-15-10(14)5-9(13)6-2-3-7(11)8(12)4-6;/h2-4,9H,5,13H2,1H3;1H/t9-;/m0./s1. The van der Waals surface area contributed by atoms with E-state index in [1.54, 1.807) is 18.2 Å². The molecule has 0 spiro atoms. The van der Waals surface area contributed by atoms with Gasteiger partial charge in [-0.25, -0.2) is 0 Å². The first kappa shape index (κ1) is 15.5. The van der Waals surface area contributed by atoms with E-state index in [-0.39, 0.29) is 24.8 Å². The number of hydrogen-bond donors (Lipinski definition) is 1. The van der Waals surface area contributed by atoms with Crippen LogP contribution in [0.1, 0.15) is 18.0 Å². The third-order valence-corrected chi connectivity index (χ3v) is 2.73. The molecule has 0 unspecified atom stereocenters. The maximum Gasteiger partial charge on any atom is 0.307 e. The fourth-order valence-electron chi connectivity index (χ4n) is 1.12. The van der Waals surface area contributed by atoms with Crippen LogP contribution in [0.2, 0.25) is 10.0 Å². The zero-order chi connectivity index (χ0) is 11.4. The van der Waals surface area contributed by atoms with Crippen LogP contribution in [0.3, 0.4) is 0 Å². The Morgan fingerprint density at radius 1 is 1.44 bits per heavy atom. The Bertz CT molecular complexity index is 371. The van der Waals surface area contributed by atoms with Gasteiger partial charge in [0.1, 0.15) is 0 Å². The van der Waals surface area contributed by atoms with Gasteiger partial charge in [0, 0.05) is 6.04 Å². The molecule has 0 aliphatic carbocycles. The molecule has 1 aromatic carbocycles. The smallest absolute Gasteiger partial charge is 0.307 e. The number of nitrogens with two attached hydrogens (primary N) is 1. The minimum Gasteiger partial charge on any atom is -0.469 e. The van der Waals surface area contributed by atoms with Crippen molar-refractivity contribution in [1.82, 2.24) is 0 Å². The lowest BCUT2D eigenvalue weighted by Gasteiger charge is -2.11. The van der Waals surface area contributed by atoms with Crippen molar-refractivity contribution in [3.63, 3.8) is 0 Å². The van der Waals surface area contributed by atoms with Gasteiger partial charge in [-0.1, -0.05) is 29.3 Å². The summed E-state index contributed by atoms with van der Waals surface area (Å²) in [5.41, 5.74) is 6.55. The Labute approximate surface area is 110 Å². The summed E-state index contributed by atoms with van der Waals surface area (Å²) in [4.78, 5) is 11.0. The number of esters is 1. The molecule has 6 heteroatoms. The quantitative estimate of drug-likeness (QED) is 0.868. The van der Waals surface area contributed by atoms with Crippen molar-refractivity contribution in [2.45, 2.75) is 12.5 Å². The molecule has 1 atom stereocenters. The van der Waals surface area contributed by atoms with E-state index in [1.165, 1.54) is 7.11 Å². The summed E-state index contributed by atoms with van der Waals surface area (Å²) in [7, 11) is 1.32. The van der Waals surface area contributed by atoms with Gasteiger partial charge in [-0.3, -0.25) is 4.79 Å². The highest BCUT2D eigenvalue weighted by atomic mass is 35.5. The first-order chi connectivity index (χ1) is 7.04. The van der Waals surface area contributed by atoms with Gasteiger partial charge in [-0.15, -0.1) is 12.4 Å². The maximum absolute atomic E-state index is 11.0. The molecule has 0 fully saturated rings. The van der Waals surface area contributed by atoms with Crippen molar-refractivity contribution in [2.24, 2.45) is 5.73 Å². The van der Waals surface area contributed by atoms with E-state index in [1.807, 2.05) is 0 Å². The largest absolute Gasteiger partial charge is 0.469 e. The molecule has 0 amide bonds. The van der Waals surface area contributed by atoms with Gasteiger partial charge in [0.15, 0.2) is 0 Å². The van der Waals surface area contributed by atoms with Crippen LogP contribution < -0.4 is 5.73 Å². The lowest BCUT2D eigenvalue weighted by Crippen LogP contribution is -2.16. The minimum absolute atomic E-state index is 0. The maximum atomic E-state index is 11.0. The number of carbonyl (C=O) groups excluding carboxylic acids is 1. The number of methoxy groups -OCH3 is 1. The molecule has 0 aliphatic rings. The van der Waals surface area contributed by atoms with E-state index < -0.39 is 6.04 Å². The summed E-state index contributed by atoms with van der Waals surface area (Å²) in [5, 5.41) is 0.889. The summed E-state index contributed by atoms with van der Waals surface area (Å²) in [5.74, 6) is -0.353. The number of hydrogen-bond acceptors (Lipinski definition) is 3. The molecule has 0 aromatic heterocycles. The van der Waals surface area contributed by atoms with Gasteiger partial charge in [0.2, 0.25) is 0 Å². The summed E-state index contributed by atoms with van der Waals surface area (Å²) in [6.07, 6.45) is 0.120. The fourth-order valence-corrected chi connectivity index (χ4v) is 1.43. The van der Waals surface area contributed by atoms with Crippen LogP contribution in [-0.4, -0.2) is 13.1 Å². The molecule has 3 nitrogen and oxygen atoms in total. The normalized spacial score (nSPS) is 11.5. The van der Waals surface area contributed by atoms with Crippen molar-refractivity contribution >= 4 is 41.6 Å². The van der Waals surface area contributed by atoms with E-state index in [4.69, 9.17) is 28.9 Å². The molecule has 2 N–H and O–H groups in total. The van der Waals surface area contributed by atoms with Crippen molar-refractivity contribution in [3.05, 3.63) is 33.8 Å². The molecule has 1 rings (SSSR count). The second-order valence-electron chi connectivity index (χ2n) is 3.06. The van der Waals surface area contributed by atoms with Crippen LogP contribution in [0.25, 0.3) is 0 Å². The molecule has 1 aromatic rings. The van der Waals surface area contributed by atoms with Crippen LogP contribution >= 0.6 is 35.6 Å². The summed E-state index contributed by atoms with van der Waals surface area (Å²) >= 11 is 11.6. The number of carbonyl (C=O) groups is 1. The number of ether oxygens (including phenoxy) is 1. The minimum atomic E-state index is -0.424. The lowest BCUT2D eigenvalue weighted by molar-refractivity contribution is -0.141. The fraction of sp³-hybridized carbons (Fsp3) is 0.300.